The number of hydrogen-bond donors (Lipinski definition) is 2. The highest BCUT2D eigenvalue weighted by Gasteiger charge is 2.30. The van der Waals surface area contributed by atoms with Crippen LogP contribution in [-0.4, -0.2) is 42.8 Å². The molecule has 2 atom stereocenters. The monoisotopic (exact) mass is 486 g/mol. The molecule has 5 rings (SSSR count). The first-order chi connectivity index (χ1) is 17.6. The summed E-state index contributed by atoms with van der Waals surface area (Å²) in [5, 5.41) is 16.5. The second kappa shape index (κ2) is 10.5. The average molecular weight is 487 g/mol. The van der Waals surface area contributed by atoms with E-state index in [1.54, 1.807) is 18.6 Å². The molecule has 0 aliphatic heterocycles. The normalized spacial score (nSPS) is 17.1. The van der Waals surface area contributed by atoms with Crippen molar-refractivity contribution in [1.29, 1.82) is 0 Å². The van der Waals surface area contributed by atoms with Crippen molar-refractivity contribution in [3.63, 3.8) is 0 Å². The van der Waals surface area contributed by atoms with Gasteiger partial charge in [-0.3, -0.25) is 9.78 Å². The molecule has 1 aliphatic carbocycles. The van der Waals surface area contributed by atoms with E-state index in [0.717, 1.165) is 29.1 Å². The first kappa shape index (κ1) is 23.4. The van der Waals surface area contributed by atoms with Crippen molar-refractivity contribution < 1.29 is 19.2 Å². The minimum absolute atomic E-state index is 0.249. The molecule has 36 heavy (non-hydrogen) atoms. The van der Waals surface area contributed by atoms with Crippen LogP contribution in [0.1, 0.15) is 30.5 Å². The zero-order valence-corrected chi connectivity index (χ0v) is 19.8. The maximum atomic E-state index is 11.1. The molecule has 2 N–H and O–H groups in total. The van der Waals surface area contributed by atoms with Gasteiger partial charge >= 0.3 is 5.97 Å². The van der Waals surface area contributed by atoms with Crippen molar-refractivity contribution in [2.45, 2.75) is 32.7 Å². The van der Waals surface area contributed by atoms with Crippen molar-refractivity contribution in [2.75, 3.05) is 11.9 Å². The number of aromatic nitrogens is 5. The summed E-state index contributed by atoms with van der Waals surface area (Å²) in [5.74, 6) is 0.935. The van der Waals surface area contributed by atoms with Crippen LogP contribution in [0.25, 0.3) is 22.8 Å². The number of hydrogen-bond acceptors (Lipinski definition) is 9. The first-order valence-electron chi connectivity index (χ1n) is 11.8. The van der Waals surface area contributed by atoms with Gasteiger partial charge in [-0.25, -0.2) is 15.0 Å². The fourth-order valence-corrected chi connectivity index (χ4v) is 4.33. The number of carboxylic acid groups (broad SMARTS) is 1. The van der Waals surface area contributed by atoms with E-state index in [0.29, 0.717) is 49.1 Å². The van der Waals surface area contributed by atoms with Gasteiger partial charge in [0.2, 0.25) is 5.95 Å². The predicted octanol–water partition coefficient (Wildman–Crippen LogP) is 4.39. The van der Waals surface area contributed by atoms with Crippen LogP contribution >= 0.6 is 0 Å². The summed E-state index contributed by atoms with van der Waals surface area (Å²) < 4.78 is 11.4. The number of nitrogens with zero attached hydrogens (tertiary/aromatic N) is 5. The van der Waals surface area contributed by atoms with E-state index in [2.05, 4.69) is 30.4 Å². The molecule has 1 saturated carbocycles. The van der Waals surface area contributed by atoms with Gasteiger partial charge in [0.25, 0.3) is 0 Å². The van der Waals surface area contributed by atoms with Crippen LogP contribution < -0.4 is 10.1 Å². The standard InChI is InChI=1S/C26H26N6O4/c1-16-20(14-30-26-28-11-9-22(31-26)21-4-2-3-10-27-21)24(36-32-16)23-8-7-19(13-29-23)35-15-17-5-6-18(12-17)25(33)34/h2-4,7-11,13,17-18H,5-6,12,14-15H2,1H3,(H,33,34)(H,28,30,31)/t17-,18+/m1/s1. The topological polar surface area (TPSA) is 136 Å². The number of ether oxygens (including phenoxy) is 1. The minimum atomic E-state index is -0.719. The van der Waals surface area contributed by atoms with Gasteiger partial charge in [-0.2, -0.15) is 0 Å². The van der Waals surface area contributed by atoms with Crippen molar-refractivity contribution in [3.8, 4) is 28.6 Å². The van der Waals surface area contributed by atoms with E-state index in [9.17, 15) is 4.79 Å². The summed E-state index contributed by atoms with van der Waals surface area (Å²) in [7, 11) is 0. The maximum absolute atomic E-state index is 11.1. The highest BCUT2D eigenvalue weighted by Crippen LogP contribution is 2.32. The third-order valence-corrected chi connectivity index (χ3v) is 6.34. The number of anilines is 1. The van der Waals surface area contributed by atoms with Crippen LogP contribution in [-0.2, 0) is 11.3 Å². The minimum Gasteiger partial charge on any atom is -0.492 e. The molecule has 0 radical (unpaired) electrons. The third kappa shape index (κ3) is 5.32. The van der Waals surface area contributed by atoms with Gasteiger partial charge in [0.15, 0.2) is 5.76 Å². The van der Waals surface area contributed by atoms with Crippen molar-refractivity contribution in [2.24, 2.45) is 11.8 Å². The SMILES string of the molecule is Cc1noc(-c2ccc(OC[C@@H]3CC[C@H](C(=O)O)C3)cn2)c1CNc1nccc(-c2ccccn2)n1. The zero-order chi connectivity index (χ0) is 24.9. The lowest BCUT2D eigenvalue weighted by Crippen LogP contribution is -2.13. The molecule has 0 spiro atoms. The summed E-state index contributed by atoms with van der Waals surface area (Å²) in [6.07, 6.45) is 7.29. The van der Waals surface area contributed by atoms with Gasteiger partial charge in [-0.05, 0) is 62.4 Å². The summed E-state index contributed by atoms with van der Waals surface area (Å²) in [4.78, 5) is 28.8. The molecule has 0 amide bonds. The lowest BCUT2D eigenvalue weighted by atomic mass is 10.1. The van der Waals surface area contributed by atoms with Crippen LogP contribution in [0.3, 0.4) is 0 Å². The lowest BCUT2D eigenvalue weighted by Gasteiger charge is -2.12. The molecule has 1 fully saturated rings. The Morgan fingerprint density at radius 3 is 2.75 bits per heavy atom. The fraction of sp³-hybridized carbons (Fsp3) is 0.308. The van der Waals surface area contributed by atoms with Crippen molar-refractivity contribution in [1.82, 2.24) is 25.1 Å². The molecule has 10 nitrogen and oxygen atoms in total. The molecule has 184 valence electrons. The average Bonchev–Trinajstić information content (AvgIpc) is 3.54. The van der Waals surface area contributed by atoms with Gasteiger partial charge in [-0.15, -0.1) is 0 Å². The smallest absolute Gasteiger partial charge is 0.306 e. The number of aryl methyl sites for hydroxylation is 1. The molecule has 10 heteroatoms. The highest BCUT2D eigenvalue weighted by molar-refractivity contribution is 5.70. The number of rotatable bonds is 9. The van der Waals surface area contributed by atoms with E-state index in [-0.39, 0.29) is 11.8 Å². The Labute approximate surface area is 207 Å². The lowest BCUT2D eigenvalue weighted by molar-refractivity contribution is -0.141. The van der Waals surface area contributed by atoms with Crippen molar-refractivity contribution >= 4 is 11.9 Å². The zero-order valence-electron chi connectivity index (χ0n) is 19.8. The molecule has 0 saturated heterocycles. The molecular formula is C26H26N6O4. The number of pyridine rings is 2. The summed E-state index contributed by atoms with van der Waals surface area (Å²) in [6, 6.07) is 11.1. The maximum Gasteiger partial charge on any atom is 0.306 e. The Morgan fingerprint density at radius 1 is 1.08 bits per heavy atom. The van der Waals surface area contributed by atoms with Crippen LogP contribution in [0, 0.1) is 18.8 Å². The first-order valence-corrected chi connectivity index (χ1v) is 11.8. The van der Waals surface area contributed by atoms with Gasteiger partial charge in [-0.1, -0.05) is 11.2 Å². The van der Waals surface area contributed by atoms with Crippen LogP contribution in [0.5, 0.6) is 5.75 Å². The van der Waals surface area contributed by atoms with Gasteiger partial charge in [0, 0.05) is 24.5 Å². The number of carboxylic acids is 1. The predicted molar refractivity (Wildman–Crippen MR) is 131 cm³/mol. The van der Waals surface area contributed by atoms with E-state index >= 15 is 0 Å². The fourth-order valence-electron chi connectivity index (χ4n) is 4.33. The second-order valence-corrected chi connectivity index (χ2v) is 8.81. The van der Waals surface area contributed by atoms with Crippen LogP contribution in [0.4, 0.5) is 5.95 Å². The van der Waals surface area contributed by atoms with E-state index in [1.807, 2.05) is 43.3 Å². The quantitative estimate of drug-likeness (QED) is 0.350. The summed E-state index contributed by atoms with van der Waals surface area (Å²) >= 11 is 0. The van der Waals surface area contributed by atoms with E-state index in [1.165, 1.54) is 0 Å². The molecule has 4 aromatic heterocycles. The number of nitrogens with one attached hydrogen (secondary N) is 1. The number of carbonyl (C=O) groups is 1. The second-order valence-electron chi connectivity index (χ2n) is 8.81. The Balaban J connectivity index is 1.23. The molecule has 4 aromatic rings. The Hall–Kier alpha value is -4.34. The largest absolute Gasteiger partial charge is 0.492 e. The van der Waals surface area contributed by atoms with Gasteiger partial charge in [0.1, 0.15) is 11.4 Å². The molecular weight excluding hydrogens is 460 g/mol. The molecule has 0 bridgehead atoms. The van der Waals surface area contributed by atoms with Crippen LogP contribution in [0.15, 0.2) is 59.5 Å². The third-order valence-electron chi connectivity index (χ3n) is 6.34. The summed E-state index contributed by atoms with van der Waals surface area (Å²) in [6.45, 7) is 2.76. The van der Waals surface area contributed by atoms with Crippen molar-refractivity contribution in [3.05, 3.63) is 66.2 Å². The molecule has 0 aromatic carbocycles. The van der Waals surface area contributed by atoms with E-state index in [4.69, 9.17) is 14.4 Å². The number of aliphatic carboxylic acids is 1. The Bertz CT molecular complexity index is 1330. The molecule has 0 unspecified atom stereocenters. The van der Waals surface area contributed by atoms with Gasteiger partial charge < -0.3 is 19.7 Å². The van der Waals surface area contributed by atoms with Gasteiger partial charge in [0.05, 0.1) is 35.8 Å². The summed E-state index contributed by atoms with van der Waals surface area (Å²) in [5.41, 5.74) is 3.73. The van der Waals surface area contributed by atoms with E-state index < -0.39 is 5.97 Å². The van der Waals surface area contributed by atoms with Crippen LogP contribution in [0.2, 0.25) is 0 Å². The highest BCUT2D eigenvalue weighted by atomic mass is 16.5. The molecule has 4 heterocycles. The molecule has 1 aliphatic rings. The Morgan fingerprint density at radius 2 is 2.00 bits per heavy atom. The Kier molecular flexibility index (Phi) is 6.83.